The number of nitrogens with zero attached hydrogens (tertiary/aromatic N) is 1. The zero-order valence-corrected chi connectivity index (χ0v) is 7.24. The third kappa shape index (κ3) is 1.27. The smallest absolute Gasteiger partial charge is 0.187 e. The second-order valence-corrected chi connectivity index (χ2v) is 3.36. The third-order valence-electron chi connectivity index (χ3n) is 1.52. The topological polar surface area (TPSA) is 3.88 Å². The van der Waals surface area contributed by atoms with Crippen LogP contribution in [0, 0.1) is 13.8 Å². The fourth-order valence-corrected chi connectivity index (χ4v) is 1.76. The molecule has 1 nitrogen and oxygen atoms in total. The molecule has 1 rings (SSSR count). The zero-order chi connectivity index (χ0) is 7.56. The van der Waals surface area contributed by atoms with Crippen LogP contribution in [0.15, 0.2) is 18.0 Å². The molecular weight excluding hydrogens is 142 g/mol. The van der Waals surface area contributed by atoms with E-state index in [1.807, 2.05) is 6.08 Å². The number of hydrogen-bond acceptors (Lipinski definition) is 1. The van der Waals surface area contributed by atoms with Crippen molar-refractivity contribution in [2.45, 2.75) is 20.4 Å². The molecule has 10 heavy (non-hydrogen) atoms. The molecule has 0 saturated carbocycles. The van der Waals surface area contributed by atoms with Gasteiger partial charge in [-0.15, -0.1) is 0 Å². The first kappa shape index (κ1) is 7.48. The third-order valence-corrected chi connectivity index (χ3v) is 2.54. The van der Waals surface area contributed by atoms with Gasteiger partial charge in [0.05, 0.1) is 5.38 Å². The first-order valence-electron chi connectivity index (χ1n) is 3.31. The molecule has 1 heterocycles. The highest BCUT2D eigenvalue weighted by Crippen LogP contribution is 2.03. The molecule has 1 aromatic heterocycles. The van der Waals surface area contributed by atoms with Crippen molar-refractivity contribution in [3.63, 3.8) is 0 Å². The van der Waals surface area contributed by atoms with Gasteiger partial charge in [0.25, 0.3) is 0 Å². The summed E-state index contributed by atoms with van der Waals surface area (Å²) in [7, 11) is 0. The van der Waals surface area contributed by atoms with Crippen molar-refractivity contribution < 1.29 is 4.57 Å². The van der Waals surface area contributed by atoms with E-state index in [1.165, 1.54) is 10.7 Å². The minimum atomic E-state index is 0.932. The number of allylic oxidation sites excluding steroid dienone is 1. The Morgan fingerprint density at radius 3 is 2.80 bits per heavy atom. The molecule has 1 aromatic rings. The normalized spacial score (nSPS) is 9.80. The molecule has 54 valence electrons. The fraction of sp³-hybridized carbons (Fsp3) is 0.375. The largest absolute Gasteiger partial charge is 0.234 e. The highest BCUT2D eigenvalue weighted by Gasteiger charge is 2.09. The predicted molar refractivity (Wildman–Crippen MR) is 44.2 cm³/mol. The summed E-state index contributed by atoms with van der Waals surface area (Å²) in [6, 6.07) is 0. The van der Waals surface area contributed by atoms with Crippen molar-refractivity contribution in [2.24, 2.45) is 0 Å². The average molecular weight is 154 g/mol. The number of thiazole rings is 1. The van der Waals surface area contributed by atoms with Crippen molar-refractivity contribution in [1.29, 1.82) is 0 Å². The van der Waals surface area contributed by atoms with E-state index in [-0.39, 0.29) is 0 Å². The van der Waals surface area contributed by atoms with Crippen LogP contribution in [0.4, 0.5) is 0 Å². The van der Waals surface area contributed by atoms with Gasteiger partial charge in [-0.2, -0.15) is 4.57 Å². The molecule has 0 unspecified atom stereocenters. The first-order valence-corrected chi connectivity index (χ1v) is 4.19. The van der Waals surface area contributed by atoms with Gasteiger partial charge < -0.3 is 0 Å². The maximum absolute atomic E-state index is 3.70. The van der Waals surface area contributed by atoms with Gasteiger partial charge in [0.15, 0.2) is 12.2 Å². The number of aromatic nitrogens is 1. The van der Waals surface area contributed by atoms with Crippen LogP contribution < -0.4 is 4.57 Å². The molecule has 0 N–H and O–H groups in total. The zero-order valence-electron chi connectivity index (χ0n) is 6.42. The summed E-state index contributed by atoms with van der Waals surface area (Å²) in [5.74, 6) is 0. The van der Waals surface area contributed by atoms with E-state index in [0.29, 0.717) is 0 Å². The molecule has 0 fully saturated rings. The first-order chi connectivity index (χ1) is 4.75. The lowest BCUT2D eigenvalue weighted by Gasteiger charge is -1.89. The van der Waals surface area contributed by atoms with E-state index in [2.05, 4.69) is 30.4 Å². The monoisotopic (exact) mass is 154 g/mol. The summed E-state index contributed by atoms with van der Waals surface area (Å²) in [6.07, 6.45) is 1.92. The van der Waals surface area contributed by atoms with Crippen molar-refractivity contribution in [3.05, 3.63) is 28.7 Å². The molecule has 0 aromatic carbocycles. The molecule has 0 aliphatic heterocycles. The number of hydrogen-bond donors (Lipinski definition) is 0. The van der Waals surface area contributed by atoms with E-state index in [9.17, 15) is 0 Å². The van der Waals surface area contributed by atoms with Crippen LogP contribution in [0.5, 0.6) is 0 Å². The van der Waals surface area contributed by atoms with Gasteiger partial charge in [-0.05, 0) is 6.08 Å². The van der Waals surface area contributed by atoms with E-state index in [0.717, 1.165) is 6.54 Å². The van der Waals surface area contributed by atoms with Crippen molar-refractivity contribution in [2.75, 3.05) is 0 Å². The number of rotatable bonds is 2. The summed E-state index contributed by atoms with van der Waals surface area (Å²) >= 11 is 1.79. The minimum absolute atomic E-state index is 0.932. The molecule has 0 radical (unpaired) electrons. The van der Waals surface area contributed by atoms with Crippen LogP contribution in [0.2, 0.25) is 0 Å². The Morgan fingerprint density at radius 2 is 2.40 bits per heavy atom. The minimum Gasteiger partial charge on any atom is -0.187 e. The summed E-state index contributed by atoms with van der Waals surface area (Å²) in [5.41, 5.74) is 1.32. The van der Waals surface area contributed by atoms with E-state index in [4.69, 9.17) is 0 Å². The van der Waals surface area contributed by atoms with Crippen LogP contribution in [0.3, 0.4) is 0 Å². The molecule has 0 spiro atoms. The molecule has 0 atom stereocenters. The Bertz CT molecular complexity index is 218. The lowest BCUT2D eigenvalue weighted by molar-refractivity contribution is -0.693. The Kier molecular flexibility index (Phi) is 2.22. The summed E-state index contributed by atoms with van der Waals surface area (Å²) in [6.45, 7) is 8.88. The lowest BCUT2D eigenvalue weighted by atomic mass is 10.5. The Labute approximate surface area is 65.6 Å². The van der Waals surface area contributed by atoms with E-state index < -0.39 is 0 Å². The van der Waals surface area contributed by atoms with E-state index in [1.54, 1.807) is 11.3 Å². The van der Waals surface area contributed by atoms with Gasteiger partial charge in [0, 0.05) is 13.8 Å². The number of aryl methyl sites for hydroxylation is 2. The quantitative estimate of drug-likeness (QED) is 0.452. The molecular formula is C8H12NS+. The maximum Gasteiger partial charge on any atom is 0.234 e. The summed E-state index contributed by atoms with van der Waals surface area (Å²) < 4.78 is 2.25. The van der Waals surface area contributed by atoms with Crippen LogP contribution >= 0.6 is 11.3 Å². The molecule has 2 heteroatoms. The second-order valence-electron chi connectivity index (χ2n) is 2.30. The Balaban J connectivity index is 2.97. The Hall–Kier alpha value is -0.630. The van der Waals surface area contributed by atoms with Gasteiger partial charge in [0.2, 0.25) is 5.01 Å². The van der Waals surface area contributed by atoms with Gasteiger partial charge in [-0.25, -0.2) is 0 Å². The fourth-order valence-electron chi connectivity index (χ4n) is 0.948. The SMILES string of the molecule is C=CC[n+]1c(C)csc1C. The van der Waals surface area contributed by atoms with Gasteiger partial charge in [0.1, 0.15) is 0 Å². The molecule has 0 aliphatic carbocycles. The van der Waals surface area contributed by atoms with Gasteiger partial charge in [-0.1, -0.05) is 17.9 Å². The average Bonchev–Trinajstić information content (AvgIpc) is 2.20. The van der Waals surface area contributed by atoms with Crippen LogP contribution in [-0.4, -0.2) is 0 Å². The summed E-state index contributed by atoms with van der Waals surface area (Å²) in [4.78, 5) is 0. The van der Waals surface area contributed by atoms with Crippen LogP contribution in [0.25, 0.3) is 0 Å². The molecule has 0 amide bonds. The van der Waals surface area contributed by atoms with Gasteiger partial charge >= 0.3 is 0 Å². The highest BCUT2D eigenvalue weighted by atomic mass is 32.1. The van der Waals surface area contributed by atoms with Gasteiger partial charge in [-0.3, -0.25) is 0 Å². The maximum atomic E-state index is 3.70. The molecule has 0 saturated heterocycles. The lowest BCUT2D eigenvalue weighted by Crippen LogP contribution is -2.36. The standard InChI is InChI=1S/C8H12NS/c1-4-5-9-7(2)6-10-8(9)3/h4,6H,1,5H2,2-3H3/q+1. The Morgan fingerprint density at radius 1 is 1.70 bits per heavy atom. The van der Waals surface area contributed by atoms with Crippen LogP contribution in [0.1, 0.15) is 10.7 Å². The predicted octanol–water partition coefficient (Wildman–Crippen LogP) is 1.84. The van der Waals surface area contributed by atoms with Crippen molar-refractivity contribution in [3.8, 4) is 0 Å². The van der Waals surface area contributed by atoms with Crippen molar-refractivity contribution in [1.82, 2.24) is 0 Å². The van der Waals surface area contributed by atoms with Crippen LogP contribution in [-0.2, 0) is 6.54 Å². The highest BCUT2D eigenvalue weighted by molar-refractivity contribution is 7.09. The molecule has 0 bridgehead atoms. The molecule has 0 aliphatic rings. The van der Waals surface area contributed by atoms with E-state index >= 15 is 0 Å². The summed E-state index contributed by atoms with van der Waals surface area (Å²) in [5, 5.41) is 3.51. The van der Waals surface area contributed by atoms with Crippen molar-refractivity contribution >= 4 is 11.3 Å². The second kappa shape index (κ2) is 2.97.